The van der Waals surface area contributed by atoms with Gasteiger partial charge in [0.05, 0.1) is 18.0 Å². The molecule has 2 heterocycles. The predicted octanol–water partition coefficient (Wildman–Crippen LogP) is 3.46. The van der Waals surface area contributed by atoms with Gasteiger partial charge in [-0.15, -0.1) is 0 Å². The third-order valence-electron chi connectivity index (χ3n) is 3.46. The number of aromatic amines is 1. The molecule has 3 rings (SSSR count). The van der Waals surface area contributed by atoms with E-state index in [4.69, 9.17) is 10.5 Å². The minimum absolute atomic E-state index is 0.108. The number of nitrogens with one attached hydrogen (secondary N) is 2. The maximum Gasteiger partial charge on any atom is 0.236 e. The lowest BCUT2D eigenvalue weighted by Gasteiger charge is -2.14. The number of nitrogens with zero attached hydrogens (tertiary/aromatic N) is 3. The van der Waals surface area contributed by atoms with Crippen molar-refractivity contribution in [2.24, 2.45) is 0 Å². The molecule has 7 nitrogen and oxygen atoms in total. The molecule has 3 aromatic rings. The third-order valence-corrected chi connectivity index (χ3v) is 3.46. The van der Waals surface area contributed by atoms with E-state index in [0.717, 1.165) is 16.8 Å². The molecule has 0 spiro atoms. The molecule has 0 saturated heterocycles. The van der Waals surface area contributed by atoms with Gasteiger partial charge in [-0.1, -0.05) is 12.1 Å². The minimum atomic E-state index is -0.108. The van der Waals surface area contributed by atoms with Crippen LogP contribution in [0.15, 0.2) is 42.7 Å². The highest BCUT2D eigenvalue weighted by atomic mass is 16.5. The smallest absolute Gasteiger partial charge is 0.236 e. The van der Waals surface area contributed by atoms with Crippen LogP contribution < -0.4 is 15.8 Å². The number of benzene rings is 1. The molecule has 0 aliphatic heterocycles. The molecule has 0 fully saturated rings. The predicted molar refractivity (Wildman–Crippen MR) is 96.4 cm³/mol. The number of pyridine rings is 1. The van der Waals surface area contributed by atoms with Crippen molar-refractivity contribution in [1.82, 2.24) is 15.2 Å². The summed E-state index contributed by atoms with van der Waals surface area (Å²) < 4.78 is 5.60. The highest BCUT2D eigenvalue weighted by molar-refractivity contribution is 5.70. The maximum atomic E-state index is 9.24. The van der Waals surface area contributed by atoms with Crippen molar-refractivity contribution < 1.29 is 4.74 Å². The van der Waals surface area contributed by atoms with E-state index in [1.54, 1.807) is 12.3 Å². The number of nitrogen functional groups attached to an aromatic ring is 1. The summed E-state index contributed by atoms with van der Waals surface area (Å²) in [6.45, 7) is 3.74. The van der Waals surface area contributed by atoms with E-state index < -0.39 is 0 Å². The zero-order valence-electron chi connectivity index (χ0n) is 13.9. The van der Waals surface area contributed by atoms with Gasteiger partial charge in [0.2, 0.25) is 5.88 Å². The summed E-state index contributed by atoms with van der Waals surface area (Å²) in [5.41, 5.74) is 9.44. The zero-order chi connectivity index (χ0) is 17.8. The fourth-order valence-corrected chi connectivity index (χ4v) is 2.33. The lowest BCUT2D eigenvalue weighted by atomic mass is 10.1. The molecule has 0 amide bonds. The second kappa shape index (κ2) is 6.93. The lowest BCUT2D eigenvalue weighted by molar-refractivity contribution is 0.232. The molecule has 7 heteroatoms. The number of aromatic nitrogens is 3. The molecule has 126 valence electrons. The van der Waals surface area contributed by atoms with E-state index in [9.17, 15) is 5.26 Å². The topological polar surface area (TPSA) is 113 Å². The number of nitriles is 1. The van der Waals surface area contributed by atoms with Crippen molar-refractivity contribution in [2.45, 2.75) is 20.0 Å². The molecule has 1 aromatic carbocycles. The van der Waals surface area contributed by atoms with Gasteiger partial charge in [0.25, 0.3) is 0 Å². The van der Waals surface area contributed by atoms with Gasteiger partial charge in [-0.2, -0.15) is 15.3 Å². The van der Waals surface area contributed by atoms with Gasteiger partial charge in [-0.3, -0.25) is 5.10 Å². The second-order valence-corrected chi connectivity index (χ2v) is 5.74. The third kappa shape index (κ3) is 3.70. The molecule has 4 N–H and O–H groups in total. The Morgan fingerprint density at radius 1 is 1.24 bits per heavy atom. The summed E-state index contributed by atoms with van der Waals surface area (Å²) in [4.78, 5) is 4.36. The average molecular weight is 334 g/mol. The molecule has 0 unspecified atom stereocenters. The van der Waals surface area contributed by atoms with Gasteiger partial charge in [-0.25, -0.2) is 0 Å². The first-order valence-corrected chi connectivity index (χ1v) is 7.80. The summed E-state index contributed by atoms with van der Waals surface area (Å²) in [7, 11) is 0. The molecule has 0 bridgehead atoms. The van der Waals surface area contributed by atoms with E-state index in [2.05, 4.69) is 20.5 Å². The summed E-state index contributed by atoms with van der Waals surface area (Å²) in [6.07, 6.45) is 3.49. The van der Waals surface area contributed by atoms with Crippen LogP contribution in [0.1, 0.15) is 19.4 Å². The normalized spacial score (nSPS) is 10.5. The molecule has 2 aromatic heterocycles. The fourth-order valence-electron chi connectivity index (χ4n) is 2.33. The van der Waals surface area contributed by atoms with Gasteiger partial charge in [0, 0.05) is 23.5 Å². The van der Waals surface area contributed by atoms with Crippen LogP contribution >= 0.6 is 0 Å². The van der Waals surface area contributed by atoms with E-state index >= 15 is 0 Å². The first kappa shape index (κ1) is 16.3. The fraction of sp³-hybridized carbons (Fsp3) is 0.167. The van der Waals surface area contributed by atoms with Gasteiger partial charge in [0.15, 0.2) is 0 Å². The van der Waals surface area contributed by atoms with Crippen LogP contribution in [0.2, 0.25) is 0 Å². The highest BCUT2D eigenvalue weighted by Crippen LogP contribution is 2.28. The van der Waals surface area contributed by atoms with Gasteiger partial charge in [-0.05, 0) is 31.5 Å². The summed E-state index contributed by atoms with van der Waals surface area (Å²) >= 11 is 0. The Labute approximate surface area is 145 Å². The van der Waals surface area contributed by atoms with Crippen LogP contribution in [0.5, 0.6) is 5.88 Å². The summed E-state index contributed by atoms with van der Waals surface area (Å²) in [5.74, 6) is 0.748. The molecule has 0 radical (unpaired) electrons. The first-order chi connectivity index (χ1) is 12.1. The Kier molecular flexibility index (Phi) is 4.53. The molecule has 0 aliphatic rings. The van der Waals surface area contributed by atoms with Crippen LogP contribution in [0.3, 0.4) is 0 Å². The largest absolute Gasteiger partial charge is 0.474 e. The van der Waals surface area contributed by atoms with Crippen molar-refractivity contribution >= 4 is 17.2 Å². The van der Waals surface area contributed by atoms with Gasteiger partial charge < -0.3 is 15.8 Å². The quantitative estimate of drug-likeness (QED) is 0.658. The summed E-state index contributed by atoms with van der Waals surface area (Å²) in [5, 5.41) is 19.1. The van der Waals surface area contributed by atoms with Crippen molar-refractivity contribution in [3.05, 3.63) is 48.3 Å². The minimum Gasteiger partial charge on any atom is -0.474 e. The van der Waals surface area contributed by atoms with Gasteiger partial charge >= 0.3 is 0 Å². The number of ether oxygens (including phenoxy) is 1. The Morgan fingerprint density at radius 3 is 2.60 bits per heavy atom. The van der Waals surface area contributed by atoms with Crippen LogP contribution in [-0.4, -0.2) is 21.3 Å². The number of H-pyrrole nitrogens is 1. The Balaban J connectivity index is 1.85. The van der Waals surface area contributed by atoms with Crippen LogP contribution in [0, 0.1) is 11.3 Å². The second-order valence-electron chi connectivity index (χ2n) is 5.74. The molecular formula is C18H18N6O. The van der Waals surface area contributed by atoms with Crippen molar-refractivity contribution in [3.63, 3.8) is 0 Å². The summed E-state index contributed by atoms with van der Waals surface area (Å²) in [6, 6.07) is 11.5. The van der Waals surface area contributed by atoms with Crippen LogP contribution in [0.25, 0.3) is 11.1 Å². The number of hydrogen-bond acceptors (Lipinski definition) is 6. The van der Waals surface area contributed by atoms with Gasteiger partial charge in [0.1, 0.15) is 17.5 Å². The van der Waals surface area contributed by atoms with Crippen molar-refractivity contribution in [3.8, 4) is 23.1 Å². The maximum absolute atomic E-state index is 9.24. The van der Waals surface area contributed by atoms with Crippen LogP contribution in [-0.2, 0) is 0 Å². The zero-order valence-corrected chi connectivity index (χ0v) is 13.9. The lowest BCUT2D eigenvalue weighted by Crippen LogP contribution is -2.10. The van der Waals surface area contributed by atoms with Crippen LogP contribution in [0.4, 0.5) is 17.2 Å². The Morgan fingerprint density at radius 2 is 2.00 bits per heavy atom. The molecule has 0 saturated carbocycles. The standard InChI is InChI=1S/C18H18N6O/c1-11(2)25-18-15(8-19)16(20)7-17(24-18)23-14-5-3-12(4-6-14)13-9-21-22-10-13/h3-7,9-11H,1-2H3,(H,21,22)(H3,20,23,24). The van der Waals surface area contributed by atoms with E-state index in [1.165, 1.54) is 0 Å². The molecular weight excluding hydrogens is 316 g/mol. The SMILES string of the molecule is CC(C)Oc1nc(Nc2ccc(-c3cn[nH]c3)cc2)cc(N)c1C#N. The van der Waals surface area contributed by atoms with Crippen molar-refractivity contribution in [2.75, 3.05) is 11.1 Å². The van der Waals surface area contributed by atoms with E-state index in [0.29, 0.717) is 11.5 Å². The van der Waals surface area contributed by atoms with E-state index in [1.807, 2.05) is 50.4 Å². The molecule has 0 atom stereocenters. The Bertz CT molecular complexity index is 895. The average Bonchev–Trinajstić information content (AvgIpc) is 3.09. The number of rotatable bonds is 5. The van der Waals surface area contributed by atoms with Crippen molar-refractivity contribution in [1.29, 1.82) is 5.26 Å². The number of nitrogens with two attached hydrogens (primary N) is 1. The Hall–Kier alpha value is -3.53. The molecule has 0 aliphatic carbocycles. The van der Waals surface area contributed by atoms with E-state index in [-0.39, 0.29) is 17.5 Å². The highest BCUT2D eigenvalue weighted by Gasteiger charge is 2.13. The number of anilines is 3. The monoisotopic (exact) mass is 334 g/mol. The molecule has 25 heavy (non-hydrogen) atoms. The first-order valence-electron chi connectivity index (χ1n) is 7.80. The number of hydrogen-bond donors (Lipinski definition) is 3.